The summed E-state index contributed by atoms with van der Waals surface area (Å²) in [7, 11) is 0. The second kappa shape index (κ2) is 4.45. The lowest BCUT2D eigenvalue weighted by Gasteiger charge is -2.02. The summed E-state index contributed by atoms with van der Waals surface area (Å²) >= 11 is 0. The first-order valence-corrected chi connectivity index (χ1v) is 6.26. The van der Waals surface area contributed by atoms with E-state index in [0.717, 1.165) is 16.7 Å². The molecule has 0 radical (unpaired) electrons. The minimum absolute atomic E-state index is 0.112. The molecule has 0 amide bonds. The molecule has 2 heterocycles. The van der Waals surface area contributed by atoms with Crippen LogP contribution in [0.2, 0.25) is 0 Å². The quantitative estimate of drug-likeness (QED) is 0.527. The van der Waals surface area contributed by atoms with E-state index in [1.54, 1.807) is 4.40 Å². The molecule has 0 bridgehead atoms. The monoisotopic (exact) mass is 267 g/mol. The molecule has 0 saturated carbocycles. The second-order valence-electron chi connectivity index (χ2n) is 4.84. The topological polar surface area (TPSA) is 60.4 Å². The van der Waals surface area contributed by atoms with Crippen LogP contribution >= 0.6 is 0 Å². The molecule has 0 aliphatic carbocycles. The van der Waals surface area contributed by atoms with E-state index >= 15 is 0 Å². The number of hydrogen-bond donors (Lipinski definition) is 0. The Morgan fingerprint density at radius 2 is 1.80 bits per heavy atom. The zero-order chi connectivity index (χ0) is 14.3. The molecule has 0 N–H and O–H groups in total. The minimum Gasteiger partial charge on any atom is -0.358 e. The Hall–Kier alpha value is -2.69. The van der Waals surface area contributed by atoms with Crippen molar-refractivity contribution in [2.45, 2.75) is 13.8 Å². The highest BCUT2D eigenvalue weighted by molar-refractivity contribution is 5.73. The number of nitrogens with zero attached hydrogens (tertiary/aromatic N) is 3. The van der Waals surface area contributed by atoms with Crippen LogP contribution in [0.5, 0.6) is 0 Å². The summed E-state index contributed by atoms with van der Waals surface area (Å²) in [5.74, 6) is -0.112. The van der Waals surface area contributed by atoms with Crippen LogP contribution in [-0.4, -0.2) is 14.3 Å². The third kappa shape index (κ3) is 1.93. The van der Waals surface area contributed by atoms with Gasteiger partial charge in [0.2, 0.25) is 0 Å². The number of aryl methyl sites for hydroxylation is 2. The summed E-state index contributed by atoms with van der Waals surface area (Å²) in [5, 5.41) is 11.2. The number of fused-ring (bicyclic) bond motifs is 1. The molecule has 0 fully saturated rings. The average Bonchev–Trinajstić information content (AvgIpc) is 2.78. The van der Waals surface area contributed by atoms with Gasteiger partial charge in [-0.25, -0.2) is 0 Å². The Bertz CT molecular complexity index is 804. The van der Waals surface area contributed by atoms with Gasteiger partial charge in [-0.05, 0) is 35.4 Å². The molecule has 2 aromatic heterocycles. The predicted octanol–water partition coefficient (Wildman–Crippen LogP) is 3.53. The normalized spacial score (nSPS) is 10.9. The van der Waals surface area contributed by atoms with E-state index in [0.29, 0.717) is 11.3 Å². The van der Waals surface area contributed by atoms with Crippen LogP contribution in [0.15, 0.2) is 42.6 Å². The maximum absolute atomic E-state index is 11.2. The summed E-state index contributed by atoms with van der Waals surface area (Å²) in [6.45, 7) is 3.92. The van der Waals surface area contributed by atoms with E-state index in [4.69, 9.17) is 0 Å². The largest absolute Gasteiger partial charge is 0.390 e. The van der Waals surface area contributed by atoms with Crippen LogP contribution < -0.4 is 0 Å². The summed E-state index contributed by atoms with van der Waals surface area (Å²) in [6, 6.07) is 11.4. The highest BCUT2D eigenvalue weighted by atomic mass is 16.6. The second-order valence-corrected chi connectivity index (χ2v) is 4.84. The maximum Gasteiger partial charge on any atom is 0.390 e. The van der Waals surface area contributed by atoms with Gasteiger partial charge in [0.05, 0.1) is 0 Å². The van der Waals surface area contributed by atoms with Gasteiger partial charge < -0.3 is 10.1 Å². The van der Waals surface area contributed by atoms with Crippen molar-refractivity contribution < 1.29 is 4.92 Å². The number of nitro groups is 1. The molecule has 0 aliphatic heterocycles. The first-order chi connectivity index (χ1) is 9.56. The molecule has 5 nitrogen and oxygen atoms in total. The third-order valence-corrected chi connectivity index (χ3v) is 3.26. The lowest BCUT2D eigenvalue weighted by molar-refractivity contribution is -0.388. The Morgan fingerprint density at radius 1 is 1.10 bits per heavy atom. The first kappa shape index (κ1) is 12.3. The van der Waals surface area contributed by atoms with E-state index in [2.05, 4.69) is 4.98 Å². The molecular weight excluding hydrogens is 254 g/mol. The number of imidazole rings is 1. The van der Waals surface area contributed by atoms with Crippen LogP contribution in [0, 0.1) is 24.0 Å². The molecule has 3 rings (SSSR count). The molecule has 0 atom stereocenters. The van der Waals surface area contributed by atoms with Gasteiger partial charge in [0, 0.05) is 17.8 Å². The highest BCUT2D eigenvalue weighted by Crippen LogP contribution is 2.30. The molecule has 20 heavy (non-hydrogen) atoms. The van der Waals surface area contributed by atoms with Crippen molar-refractivity contribution in [3.63, 3.8) is 0 Å². The van der Waals surface area contributed by atoms with Crippen LogP contribution in [0.25, 0.3) is 16.9 Å². The predicted molar refractivity (Wildman–Crippen MR) is 76.8 cm³/mol. The Balaban J connectivity index is 2.34. The van der Waals surface area contributed by atoms with Crippen LogP contribution in [0.4, 0.5) is 5.82 Å². The van der Waals surface area contributed by atoms with Gasteiger partial charge in [-0.3, -0.25) is 4.40 Å². The lowest BCUT2D eigenvalue weighted by Crippen LogP contribution is -1.93. The van der Waals surface area contributed by atoms with Crippen molar-refractivity contribution in [2.24, 2.45) is 0 Å². The SMILES string of the molecule is Cc1ccc(-c2c([N+](=O)[O-])nc3cc(C)ccn23)cc1. The van der Waals surface area contributed by atoms with Crippen molar-refractivity contribution in [3.8, 4) is 11.3 Å². The van der Waals surface area contributed by atoms with E-state index < -0.39 is 4.92 Å². The highest BCUT2D eigenvalue weighted by Gasteiger charge is 2.24. The van der Waals surface area contributed by atoms with Gasteiger partial charge in [0.1, 0.15) is 0 Å². The van der Waals surface area contributed by atoms with Gasteiger partial charge in [-0.15, -0.1) is 0 Å². The Kier molecular flexibility index (Phi) is 2.75. The standard InChI is InChI=1S/C15H13N3O2/c1-10-3-5-12(6-4-10)14-15(18(19)20)16-13-9-11(2)7-8-17(13)14/h3-9H,1-2H3. The van der Waals surface area contributed by atoms with Gasteiger partial charge in [0.25, 0.3) is 5.65 Å². The van der Waals surface area contributed by atoms with Crippen molar-refractivity contribution >= 4 is 11.5 Å². The number of pyridine rings is 1. The number of hydrogen-bond acceptors (Lipinski definition) is 3. The van der Waals surface area contributed by atoms with Crippen LogP contribution in [0.1, 0.15) is 11.1 Å². The number of benzene rings is 1. The summed E-state index contributed by atoms with van der Waals surface area (Å²) in [6.07, 6.45) is 1.82. The van der Waals surface area contributed by atoms with Crippen molar-refractivity contribution in [3.05, 3.63) is 63.8 Å². The molecule has 0 saturated heterocycles. The fourth-order valence-electron chi connectivity index (χ4n) is 2.24. The number of rotatable bonds is 2. The average molecular weight is 267 g/mol. The zero-order valence-corrected chi connectivity index (χ0v) is 11.2. The molecule has 5 heteroatoms. The Morgan fingerprint density at radius 3 is 2.45 bits per heavy atom. The smallest absolute Gasteiger partial charge is 0.358 e. The van der Waals surface area contributed by atoms with Crippen molar-refractivity contribution in [1.29, 1.82) is 0 Å². The van der Waals surface area contributed by atoms with E-state index in [9.17, 15) is 10.1 Å². The summed E-state index contributed by atoms with van der Waals surface area (Å²) in [4.78, 5) is 14.9. The third-order valence-electron chi connectivity index (χ3n) is 3.26. The van der Waals surface area contributed by atoms with Crippen LogP contribution in [0.3, 0.4) is 0 Å². The lowest BCUT2D eigenvalue weighted by atomic mass is 10.1. The summed E-state index contributed by atoms with van der Waals surface area (Å²) in [5.41, 5.74) is 4.03. The molecule has 0 unspecified atom stereocenters. The van der Waals surface area contributed by atoms with Gasteiger partial charge in [0.15, 0.2) is 5.69 Å². The number of aromatic nitrogens is 2. The van der Waals surface area contributed by atoms with Gasteiger partial charge >= 0.3 is 5.82 Å². The van der Waals surface area contributed by atoms with Gasteiger partial charge in [-0.2, -0.15) is 0 Å². The fraction of sp³-hybridized carbons (Fsp3) is 0.133. The van der Waals surface area contributed by atoms with Crippen molar-refractivity contribution in [1.82, 2.24) is 9.38 Å². The van der Waals surface area contributed by atoms with Crippen LogP contribution in [-0.2, 0) is 0 Å². The maximum atomic E-state index is 11.2. The first-order valence-electron chi connectivity index (χ1n) is 6.26. The zero-order valence-electron chi connectivity index (χ0n) is 11.2. The summed E-state index contributed by atoms with van der Waals surface area (Å²) < 4.78 is 1.76. The molecule has 0 aliphatic rings. The fourth-order valence-corrected chi connectivity index (χ4v) is 2.24. The molecule has 100 valence electrons. The molecule has 0 spiro atoms. The van der Waals surface area contributed by atoms with E-state index in [1.807, 2.05) is 56.4 Å². The molecular formula is C15H13N3O2. The minimum atomic E-state index is -0.433. The molecule has 3 aromatic rings. The van der Waals surface area contributed by atoms with Gasteiger partial charge in [-0.1, -0.05) is 29.8 Å². The van der Waals surface area contributed by atoms with E-state index in [-0.39, 0.29) is 5.82 Å². The Labute approximate surface area is 115 Å². The van der Waals surface area contributed by atoms with Crippen molar-refractivity contribution in [2.75, 3.05) is 0 Å². The molecule has 1 aromatic carbocycles. The van der Waals surface area contributed by atoms with E-state index in [1.165, 1.54) is 0 Å².